The molecule has 7 nitrogen and oxygen atoms in total. The predicted molar refractivity (Wildman–Crippen MR) is 73.1 cm³/mol. The second-order valence-corrected chi connectivity index (χ2v) is 3.97. The van der Waals surface area contributed by atoms with Crippen LogP contribution in [0.2, 0.25) is 0 Å². The topological polar surface area (TPSA) is 88.1 Å². The summed E-state index contributed by atoms with van der Waals surface area (Å²) < 4.78 is 9.86. The van der Waals surface area contributed by atoms with E-state index in [1.54, 1.807) is 31.4 Å². The number of carboxylic acid groups (broad SMARTS) is 1. The van der Waals surface area contributed by atoms with Crippen molar-refractivity contribution in [3.63, 3.8) is 0 Å². The van der Waals surface area contributed by atoms with E-state index in [-0.39, 0.29) is 19.7 Å². The Labute approximate surface area is 117 Å². The Morgan fingerprint density at radius 1 is 1.25 bits per heavy atom. The number of nitrogens with zero attached hydrogens (tertiary/aromatic N) is 1. The average Bonchev–Trinajstić information content (AvgIpc) is 2.43. The molecule has 1 aromatic rings. The molecule has 1 rings (SSSR count). The van der Waals surface area contributed by atoms with Crippen molar-refractivity contribution in [1.82, 2.24) is 4.90 Å². The number of methoxy groups -OCH3 is 2. The number of carboxylic acids is 1. The van der Waals surface area contributed by atoms with Crippen LogP contribution in [0.4, 0.5) is 10.5 Å². The van der Waals surface area contributed by atoms with Crippen molar-refractivity contribution in [2.24, 2.45) is 0 Å². The van der Waals surface area contributed by atoms with Gasteiger partial charge in [-0.15, -0.1) is 0 Å². The van der Waals surface area contributed by atoms with E-state index in [0.717, 1.165) is 4.90 Å². The third-order valence-corrected chi connectivity index (χ3v) is 2.52. The number of carbonyl (C=O) groups is 2. The normalized spacial score (nSPS) is 9.90. The van der Waals surface area contributed by atoms with Gasteiger partial charge in [-0.2, -0.15) is 0 Å². The van der Waals surface area contributed by atoms with Crippen molar-refractivity contribution >= 4 is 17.7 Å². The number of amides is 2. The number of ether oxygens (including phenoxy) is 2. The Morgan fingerprint density at radius 2 is 1.90 bits per heavy atom. The zero-order valence-corrected chi connectivity index (χ0v) is 11.5. The lowest BCUT2D eigenvalue weighted by Crippen LogP contribution is -2.40. The van der Waals surface area contributed by atoms with Crippen LogP contribution >= 0.6 is 0 Å². The molecule has 2 N–H and O–H groups in total. The van der Waals surface area contributed by atoms with Gasteiger partial charge in [0, 0.05) is 19.3 Å². The number of anilines is 1. The first-order valence-corrected chi connectivity index (χ1v) is 5.97. The van der Waals surface area contributed by atoms with Crippen LogP contribution in [0, 0.1) is 0 Å². The summed E-state index contributed by atoms with van der Waals surface area (Å²) in [4.78, 5) is 23.9. The van der Waals surface area contributed by atoms with E-state index in [4.69, 9.17) is 14.6 Å². The molecule has 110 valence electrons. The van der Waals surface area contributed by atoms with E-state index >= 15 is 0 Å². The van der Waals surface area contributed by atoms with Gasteiger partial charge in [0.2, 0.25) is 0 Å². The van der Waals surface area contributed by atoms with E-state index in [2.05, 4.69) is 5.32 Å². The summed E-state index contributed by atoms with van der Waals surface area (Å²) in [5.74, 6) is -0.407. The second-order valence-electron chi connectivity index (χ2n) is 3.97. The fourth-order valence-electron chi connectivity index (χ4n) is 1.49. The van der Waals surface area contributed by atoms with Crippen LogP contribution in [0.1, 0.15) is 0 Å². The van der Waals surface area contributed by atoms with E-state index in [1.807, 2.05) is 0 Å². The molecule has 0 aliphatic carbocycles. The minimum absolute atomic E-state index is 0.199. The van der Waals surface area contributed by atoms with Gasteiger partial charge < -0.3 is 24.8 Å². The van der Waals surface area contributed by atoms with E-state index in [1.165, 1.54) is 7.11 Å². The van der Waals surface area contributed by atoms with Crippen molar-refractivity contribution in [3.05, 3.63) is 24.3 Å². The maximum Gasteiger partial charge on any atom is 0.323 e. The summed E-state index contributed by atoms with van der Waals surface area (Å²) in [6.07, 6.45) is 0. The van der Waals surface area contributed by atoms with Gasteiger partial charge in [0.25, 0.3) is 0 Å². The number of nitrogens with one attached hydrogen (secondary N) is 1. The molecule has 0 fully saturated rings. The maximum atomic E-state index is 12.0. The van der Waals surface area contributed by atoms with Crippen LogP contribution in [0.3, 0.4) is 0 Å². The first-order valence-electron chi connectivity index (χ1n) is 5.97. The fraction of sp³-hybridized carbons (Fsp3) is 0.385. The minimum Gasteiger partial charge on any atom is -0.497 e. The molecule has 0 saturated carbocycles. The number of hydrogen-bond donors (Lipinski definition) is 2. The molecule has 2 amide bonds. The number of rotatable bonds is 7. The minimum atomic E-state index is -1.08. The van der Waals surface area contributed by atoms with Crippen LogP contribution in [0.5, 0.6) is 5.75 Å². The molecule has 0 unspecified atom stereocenters. The molecule has 7 heteroatoms. The molecule has 0 aliphatic rings. The number of benzene rings is 1. The lowest BCUT2D eigenvalue weighted by molar-refractivity contribution is -0.137. The van der Waals surface area contributed by atoms with Gasteiger partial charge in [-0.05, 0) is 24.3 Å². The maximum absolute atomic E-state index is 12.0. The number of carbonyl (C=O) groups excluding carboxylic acids is 1. The zero-order chi connectivity index (χ0) is 15.0. The molecule has 0 radical (unpaired) electrons. The number of aliphatic carboxylic acids is 1. The molecule has 0 spiro atoms. The summed E-state index contributed by atoms with van der Waals surface area (Å²) in [6, 6.07) is 6.26. The number of urea groups is 1. The molecule has 0 aromatic heterocycles. The first kappa shape index (κ1) is 15.8. The van der Waals surface area contributed by atoms with Crippen LogP contribution in [0.15, 0.2) is 24.3 Å². The molecular formula is C13H18N2O5. The SMILES string of the molecule is COCCN(CC(=O)O)C(=O)Nc1ccc(OC)cc1. The fourth-order valence-corrected chi connectivity index (χ4v) is 1.49. The van der Waals surface area contributed by atoms with Crippen LogP contribution in [-0.4, -0.2) is 55.9 Å². The monoisotopic (exact) mass is 282 g/mol. The number of hydrogen-bond acceptors (Lipinski definition) is 4. The highest BCUT2D eigenvalue weighted by atomic mass is 16.5. The molecule has 0 atom stereocenters. The highest BCUT2D eigenvalue weighted by Gasteiger charge is 2.16. The Balaban J connectivity index is 2.65. The van der Waals surface area contributed by atoms with Crippen LogP contribution in [0.25, 0.3) is 0 Å². The van der Waals surface area contributed by atoms with Crippen molar-refractivity contribution in [2.75, 3.05) is 39.2 Å². The predicted octanol–water partition coefficient (Wildman–Crippen LogP) is 1.26. The van der Waals surface area contributed by atoms with Gasteiger partial charge in [-0.3, -0.25) is 4.79 Å². The molecule has 20 heavy (non-hydrogen) atoms. The zero-order valence-electron chi connectivity index (χ0n) is 11.5. The van der Waals surface area contributed by atoms with Gasteiger partial charge in [0.1, 0.15) is 12.3 Å². The lowest BCUT2D eigenvalue weighted by Gasteiger charge is -2.20. The Morgan fingerprint density at radius 3 is 2.40 bits per heavy atom. The van der Waals surface area contributed by atoms with Gasteiger partial charge in [0.15, 0.2) is 0 Å². The smallest absolute Gasteiger partial charge is 0.323 e. The summed E-state index contributed by atoms with van der Waals surface area (Å²) in [5.41, 5.74) is 0.559. The molecule has 1 aromatic carbocycles. The highest BCUT2D eigenvalue weighted by Crippen LogP contribution is 2.15. The lowest BCUT2D eigenvalue weighted by atomic mass is 10.3. The van der Waals surface area contributed by atoms with Crippen molar-refractivity contribution in [1.29, 1.82) is 0 Å². The quantitative estimate of drug-likeness (QED) is 0.786. The molecule has 0 heterocycles. The van der Waals surface area contributed by atoms with Gasteiger partial charge in [-0.25, -0.2) is 4.79 Å². The summed E-state index contributed by atoms with van der Waals surface area (Å²) >= 11 is 0. The molecule has 0 aliphatic heterocycles. The van der Waals surface area contributed by atoms with Gasteiger partial charge in [-0.1, -0.05) is 0 Å². The third-order valence-electron chi connectivity index (χ3n) is 2.52. The summed E-state index contributed by atoms with van der Waals surface area (Å²) in [7, 11) is 3.03. The second kappa shape index (κ2) is 8.00. The first-order chi connectivity index (χ1) is 9.56. The standard InChI is InChI=1S/C13H18N2O5/c1-19-8-7-15(9-12(16)17)13(18)14-10-3-5-11(20-2)6-4-10/h3-6H,7-9H2,1-2H3,(H,14,18)(H,16,17). The van der Waals surface area contributed by atoms with E-state index < -0.39 is 12.0 Å². The summed E-state index contributed by atoms with van der Waals surface area (Å²) in [6.45, 7) is 0.0828. The Kier molecular flexibility index (Phi) is 6.31. The Hall–Kier alpha value is -2.28. The van der Waals surface area contributed by atoms with Crippen LogP contribution < -0.4 is 10.1 Å². The van der Waals surface area contributed by atoms with Crippen molar-refractivity contribution in [2.45, 2.75) is 0 Å². The molecule has 0 bridgehead atoms. The van der Waals surface area contributed by atoms with E-state index in [0.29, 0.717) is 11.4 Å². The summed E-state index contributed by atoms with van der Waals surface area (Å²) in [5, 5.41) is 11.4. The molecular weight excluding hydrogens is 264 g/mol. The van der Waals surface area contributed by atoms with Crippen LogP contribution in [-0.2, 0) is 9.53 Å². The van der Waals surface area contributed by atoms with Crippen molar-refractivity contribution < 1.29 is 24.2 Å². The highest BCUT2D eigenvalue weighted by molar-refractivity contribution is 5.91. The van der Waals surface area contributed by atoms with Crippen molar-refractivity contribution in [3.8, 4) is 5.75 Å². The largest absolute Gasteiger partial charge is 0.497 e. The Bertz CT molecular complexity index is 447. The molecule has 0 saturated heterocycles. The van der Waals surface area contributed by atoms with Gasteiger partial charge >= 0.3 is 12.0 Å². The third kappa shape index (κ3) is 5.15. The average molecular weight is 282 g/mol. The van der Waals surface area contributed by atoms with E-state index in [9.17, 15) is 9.59 Å². The van der Waals surface area contributed by atoms with Gasteiger partial charge in [0.05, 0.1) is 13.7 Å².